The van der Waals surface area contributed by atoms with Crippen LogP contribution in [0, 0.1) is 11.3 Å². The molecular formula is C19H22N2O2. The van der Waals surface area contributed by atoms with Gasteiger partial charge in [0, 0.05) is 11.6 Å². The molecule has 0 fully saturated rings. The van der Waals surface area contributed by atoms with Gasteiger partial charge in [0.1, 0.15) is 17.4 Å². The van der Waals surface area contributed by atoms with E-state index < -0.39 is 0 Å². The minimum absolute atomic E-state index is 0.0195. The average molecular weight is 310 g/mol. The summed E-state index contributed by atoms with van der Waals surface area (Å²) < 4.78 is 7.39. The number of hydrogen-bond acceptors (Lipinski definition) is 3. The Bertz CT molecular complexity index is 772. The van der Waals surface area contributed by atoms with Gasteiger partial charge in [0.25, 0.3) is 5.56 Å². The number of nitrogens with zero attached hydrogens (tertiary/aromatic N) is 2. The van der Waals surface area contributed by atoms with Crippen molar-refractivity contribution in [3.63, 3.8) is 0 Å². The topological polar surface area (TPSA) is 55.0 Å². The molecular weight excluding hydrogens is 288 g/mol. The van der Waals surface area contributed by atoms with Crippen molar-refractivity contribution in [1.29, 1.82) is 5.26 Å². The van der Waals surface area contributed by atoms with Crippen LogP contribution in [-0.4, -0.2) is 11.2 Å². The number of hydrogen-bond donors (Lipinski definition) is 0. The van der Waals surface area contributed by atoms with Gasteiger partial charge in [0.05, 0.1) is 12.3 Å². The van der Waals surface area contributed by atoms with E-state index in [1.165, 1.54) is 0 Å². The predicted octanol–water partition coefficient (Wildman–Crippen LogP) is 4.15. The average Bonchev–Trinajstić information content (AvgIpc) is 2.59. The molecule has 23 heavy (non-hydrogen) atoms. The van der Waals surface area contributed by atoms with Crippen molar-refractivity contribution in [1.82, 2.24) is 4.57 Å². The van der Waals surface area contributed by atoms with Crippen LogP contribution in [0.2, 0.25) is 0 Å². The third kappa shape index (κ3) is 3.62. The first kappa shape index (κ1) is 16.8. The fourth-order valence-corrected chi connectivity index (χ4v) is 2.46. The summed E-state index contributed by atoms with van der Waals surface area (Å²) in [6.07, 6.45) is 1.76. The van der Waals surface area contributed by atoms with Crippen molar-refractivity contribution in [3.05, 3.63) is 52.3 Å². The van der Waals surface area contributed by atoms with Gasteiger partial charge in [-0.1, -0.05) is 26.0 Å². The van der Waals surface area contributed by atoms with Gasteiger partial charge in [0.2, 0.25) is 0 Å². The monoisotopic (exact) mass is 310 g/mol. The van der Waals surface area contributed by atoms with Crippen LogP contribution in [0.5, 0.6) is 5.75 Å². The standard InChI is InChI=1S/C19H22N2O2/c1-4-11-23-17-8-6-7-15(12-17)18-10-9-16(13-20)19(22)21(18)14(3)5-2/h6-10,12,14H,4-5,11H2,1-3H3. The molecule has 0 saturated carbocycles. The molecule has 1 heterocycles. The summed E-state index contributed by atoms with van der Waals surface area (Å²) in [5, 5.41) is 9.12. The van der Waals surface area contributed by atoms with Gasteiger partial charge < -0.3 is 9.30 Å². The van der Waals surface area contributed by atoms with Crippen LogP contribution in [0.1, 0.15) is 45.2 Å². The zero-order valence-corrected chi connectivity index (χ0v) is 13.9. The normalized spacial score (nSPS) is 11.7. The lowest BCUT2D eigenvalue weighted by atomic mass is 10.1. The van der Waals surface area contributed by atoms with Crippen molar-refractivity contribution in [2.45, 2.75) is 39.7 Å². The Balaban J connectivity index is 2.57. The molecule has 0 radical (unpaired) electrons. The van der Waals surface area contributed by atoms with Gasteiger partial charge in [-0.05, 0) is 44.0 Å². The SMILES string of the molecule is CCCOc1cccc(-c2ccc(C#N)c(=O)n2C(C)CC)c1. The zero-order valence-electron chi connectivity index (χ0n) is 13.9. The molecule has 0 aliphatic heterocycles. The molecule has 1 unspecified atom stereocenters. The highest BCUT2D eigenvalue weighted by atomic mass is 16.5. The van der Waals surface area contributed by atoms with Gasteiger partial charge in [-0.2, -0.15) is 5.26 Å². The van der Waals surface area contributed by atoms with Crippen LogP contribution in [0.15, 0.2) is 41.2 Å². The fourth-order valence-electron chi connectivity index (χ4n) is 2.46. The van der Waals surface area contributed by atoms with E-state index in [-0.39, 0.29) is 17.2 Å². The molecule has 4 heteroatoms. The number of aromatic nitrogens is 1. The van der Waals surface area contributed by atoms with Crippen LogP contribution in [0.3, 0.4) is 0 Å². The number of pyridine rings is 1. The third-order valence-electron chi connectivity index (χ3n) is 3.87. The summed E-state index contributed by atoms with van der Waals surface area (Å²) in [5.74, 6) is 0.789. The van der Waals surface area contributed by atoms with E-state index in [0.717, 1.165) is 29.8 Å². The van der Waals surface area contributed by atoms with Gasteiger partial charge in [-0.25, -0.2) is 0 Å². The van der Waals surface area contributed by atoms with Crippen molar-refractivity contribution >= 4 is 0 Å². The lowest BCUT2D eigenvalue weighted by Gasteiger charge is -2.19. The lowest BCUT2D eigenvalue weighted by molar-refractivity contribution is 0.317. The van der Waals surface area contributed by atoms with E-state index in [2.05, 4.69) is 6.92 Å². The van der Waals surface area contributed by atoms with Crippen LogP contribution >= 0.6 is 0 Å². The van der Waals surface area contributed by atoms with Gasteiger partial charge in [-0.3, -0.25) is 4.79 Å². The number of ether oxygens (including phenoxy) is 1. The minimum atomic E-state index is -0.237. The Morgan fingerprint density at radius 2 is 2.04 bits per heavy atom. The Hall–Kier alpha value is -2.54. The van der Waals surface area contributed by atoms with Crippen LogP contribution in [0.4, 0.5) is 0 Å². The van der Waals surface area contributed by atoms with Crippen molar-refractivity contribution in [2.75, 3.05) is 6.61 Å². The minimum Gasteiger partial charge on any atom is -0.494 e. The fraction of sp³-hybridized carbons (Fsp3) is 0.368. The molecule has 2 aromatic rings. The highest BCUT2D eigenvalue weighted by molar-refractivity contribution is 5.62. The largest absolute Gasteiger partial charge is 0.494 e. The van der Waals surface area contributed by atoms with Crippen LogP contribution in [0.25, 0.3) is 11.3 Å². The number of rotatable bonds is 6. The number of benzene rings is 1. The van der Waals surface area contributed by atoms with E-state index >= 15 is 0 Å². The molecule has 120 valence electrons. The molecule has 1 aromatic heterocycles. The lowest BCUT2D eigenvalue weighted by Crippen LogP contribution is -2.26. The van der Waals surface area contributed by atoms with Gasteiger partial charge in [0.15, 0.2) is 0 Å². The molecule has 2 rings (SSSR count). The quantitative estimate of drug-likeness (QED) is 0.805. The Kier molecular flexibility index (Phi) is 5.59. The van der Waals surface area contributed by atoms with Crippen molar-refractivity contribution < 1.29 is 4.74 Å². The van der Waals surface area contributed by atoms with Crippen LogP contribution in [-0.2, 0) is 0 Å². The molecule has 0 saturated heterocycles. The maximum atomic E-state index is 12.6. The summed E-state index contributed by atoms with van der Waals surface area (Å²) >= 11 is 0. The summed E-state index contributed by atoms with van der Waals surface area (Å²) in [7, 11) is 0. The predicted molar refractivity (Wildman–Crippen MR) is 91.6 cm³/mol. The summed E-state index contributed by atoms with van der Waals surface area (Å²) in [5.41, 5.74) is 1.66. The van der Waals surface area contributed by atoms with Crippen molar-refractivity contribution in [2.24, 2.45) is 0 Å². The molecule has 0 bridgehead atoms. The first-order valence-corrected chi connectivity index (χ1v) is 8.01. The Morgan fingerprint density at radius 1 is 1.26 bits per heavy atom. The van der Waals surface area contributed by atoms with E-state index in [1.807, 2.05) is 50.2 Å². The summed E-state index contributed by atoms with van der Waals surface area (Å²) in [6.45, 7) is 6.74. The van der Waals surface area contributed by atoms with E-state index in [1.54, 1.807) is 10.6 Å². The first-order valence-electron chi connectivity index (χ1n) is 8.01. The molecule has 0 spiro atoms. The molecule has 0 aliphatic rings. The van der Waals surface area contributed by atoms with Crippen molar-refractivity contribution in [3.8, 4) is 23.1 Å². The molecule has 0 aliphatic carbocycles. The van der Waals surface area contributed by atoms with E-state index in [0.29, 0.717) is 6.61 Å². The molecule has 0 N–H and O–H groups in total. The Labute approximate surface area is 137 Å². The second kappa shape index (κ2) is 7.64. The maximum Gasteiger partial charge on any atom is 0.269 e. The second-order valence-corrected chi connectivity index (χ2v) is 5.55. The van der Waals surface area contributed by atoms with E-state index in [9.17, 15) is 4.79 Å². The number of nitriles is 1. The molecule has 4 nitrogen and oxygen atoms in total. The highest BCUT2D eigenvalue weighted by Gasteiger charge is 2.15. The smallest absolute Gasteiger partial charge is 0.269 e. The maximum absolute atomic E-state index is 12.6. The first-order chi connectivity index (χ1) is 11.1. The highest BCUT2D eigenvalue weighted by Crippen LogP contribution is 2.26. The molecule has 1 atom stereocenters. The summed E-state index contributed by atoms with van der Waals surface area (Å²) in [4.78, 5) is 12.6. The molecule has 0 amide bonds. The van der Waals surface area contributed by atoms with Gasteiger partial charge in [-0.15, -0.1) is 0 Å². The molecule has 1 aromatic carbocycles. The second-order valence-electron chi connectivity index (χ2n) is 5.55. The zero-order chi connectivity index (χ0) is 16.8. The van der Waals surface area contributed by atoms with Crippen LogP contribution < -0.4 is 10.3 Å². The third-order valence-corrected chi connectivity index (χ3v) is 3.87. The van der Waals surface area contributed by atoms with Gasteiger partial charge >= 0.3 is 0 Å². The van der Waals surface area contributed by atoms with E-state index in [4.69, 9.17) is 10.00 Å². The summed E-state index contributed by atoms with van der Waals surface area (Å²) in [6, 6.07) is 13.2. The Morgan fingerprint density at radius 3 is 2.70 bits per heavy atom.